The summed E-state index contributed by atoms with van der Waals surface area (Å²) in [6.07, 6.45) is 3.93. The molecule has 25 heavy (non-hydrogen) atoms. The summed E-state index contributed by atoms with van der Waals surface area (Å²) >= 11 is 0. The molecule has 1 aromatic rings. The maximum Gasteiger partial charge on any atom is 0.251 e. The average Bonchev–Trinajstić information content (AvgIpc) is 2.84. The molecule has 1 heterocycles. The molecule has 1 aliphatic heterocycles. The SMILES string of the molecule is Cc1ccc(S(=O)(=O)N2CCCCCC2)cc1C(=O)N[C@@H](C)C(C)C. The molecule has 0 unspecified atom stereocenters. The molecule has 2 rings (SSSR count). The standard InChI is InChI=1S/C19H30N2O3S/c1-14(2)16(4)20-19(22)18-13-17(10-9-15(18)3)25(23,24)21-11-7-5-6-8-12-21/h9-10,13-14,16H,5-8,11-12H2,1-4H3,(H,20,22)/t16-/m0/s1. The van der Waals surface area contributed by atoms with Crippen molar-refractivity contribution >= 4 is 15.9 Å². The third-order valence-corrected chi connectivity index (χ3v) is 6.91. The van der Waals surface area contributed by atoms with Crippen molar-refractivity contribution in [3.05, 3.63) is 29.3 Å². The molecule has 140 valence electrons. The monoisotopic (exact) mass is 366 g/mol. The van der Waals surface area contributed by atoms with Crippen LogP contribution in [-0.4, -0.2) is 37.8 Å². The number of sulfonamides is 1. The van der Waals surface area contributed by atoms with Gasteiger partial charge in [-0.05, 0) is 50.3 Å². The van der Waals surface area contributed by atoms with E-state index in [9.17, 15) is 13.2 Å². The van der Waals surface area contributed by atoms with Gasteiger partial charge in [0.05, 0.1) is 4.90 Å². The fourth-order valence-electron chi connectivity index (χ4n) is 2.89. The smallest absolute Gasteiger partial charge is 0.251 e. The van der Waals surface area contributed by atoms with E-state index in [2.05, 4.69) is 5.32 Å². The van der Waals surface area contributed by atoms with E-state index in [1.54, 1.807) is 16.4 Å². The van der Waals surface area contributed by atoms with Crippen LogP contribution in [0.5, 0.6) is 0 Å². The summed E-state index contributed by atoms with van der Waals surface area (Å²) in [6, 6.07) is 4.88. The maximum absolute atomic E-state index is 13.0. The van der Waals surface area contributed by atoms with Gasteiger partial charge in [-0.3, -0.25) is 4.79 Å². The van der Waals surface area contributed by atoms with Gasteiger partial charge in [-0.1, -0.05) is 32.8 Å². The van der Waals surface area contributed by atoms with Crippen molar-refractivity contribution in [1.82, 2.24) is 9.62 Å². The van der Waals surface area contributed by atoms with E-state index < -0.39 is 10.0 Å². The molecular weight excluding hydrogens is 336 g/mol. The van der Waals surface area contributed by atoms with Gasteiger partial charge in [0, 0.05) is 24.7 Å². The fourth-order valence-corrected chi connectivity index (χ4v) is 4.43. The number of carbonyl (C=O) groups is 1. The summed E-state index contributed by atoms with van der Waals surface area (Å²) in [5, 5.41) is 2.96. The molecule has 0 bridgehead atoms. The van der Waals surface area contributed by atoms with Crippen LogP contribution in [0.25, 0.3) is 0 Å². The van der Waals surface area contributed by atoms with Gasteiger partial charge in [-0.2, -0.15) is 4.31 Å². The van der Waals surface area contributed by atoms with E-state index in [4.69, 9.17) is 0 Å². The summed E-state index contributed by atoms with van der Waals surface area (Å²) in [5.41, 5.74) is 1.21. The van der Waals surface area contributed by atoms with Crippen LogP contribution >= 0.6 is 0 Å². The second kappa shape index (κ2) is 8.32. The van der Waals surface area contributed by atoms with Gasteiger partial charge in [0.15, 0.2) is 0 Å². The Hall–Kier alpha value is -1.40. The Morgan fingerprint density at radius 2 is 1.68 bits per heavy atom. The quantitative estimate of drug-likeness (QED) is 0.869. The van der Waals surface area contributed by atoms with Crippen molar-refractivity contribution in [3.8, 4) is 0 Å². The average molecular weight is 367 g/mol. The highest BCUT2D eigenvalue weighted by Crippen LogP contribution is 2.23. The molecule has 1 saturated heterocycles. The molecular formula is C19H30N2O3S. The van der Waals surface area contributed by atoms with Gasteiger partial charge >= 0.3 is 0 Å². The van der Waals surface area contributed by atoms with Gasteiger partial charge in [0.2, 0.25) is 10.0 Å². The highest BCUT2D eigenvalue weighted by molar-refractivity contribution is 7.89. The molecule has 1 aliphatic rings. The number of hydrogen-bond donors (Lipinski definition) is 1. The Balaban J connectivity index is 2.29. The van der Waals surface area contributed by atoms with Gasteiger partial charge in [-0.15, -0.1) is 0 Å². The fraction of sp³-hybridized carbons (Fsp3) is 0.632. The lowest BCUT2D eigenvalue weighted by atomic mass is 10.0. The summed E-state index contributed by atoms with van der Waals surface area (Å²) in [7, 11) is -3.55. The van der Waals surface area contributed by atoms with Crippen LogP contribution in [0.3, 0.4) is 0 Å². The summed E-state index contributed by atoms with van der Waals surface area (Å²) < 4.78 is 27.5. The highest BCUT2D eigenvalue weighted by atomic mass is 32.2. The van der Waals surface area contributed by atoms with Gasteiger partial charge in [0.25, 0.3) is 5.91 Å². The zero-order valence-electron chi connectivity index (χ0n) is 15.7. The molecule has 1 N–H and O–H groups in total. The topological polar surface area (TPSA) is 66.5 Å². The Morgan fingerprint density at radius 1 is 1.08 bits per heavy atom. The molecule has 1 aromatic carbocycles. The van der Waals surface area contributed by atoms with Crippen LogP contribution in [0, 0.1) is 12.8 Å². The second-order valence-electron chi connectivity index (χ2n) is 7.30. The minimum absolute atomic E-state index is 0.0257. The van der Waals surface area contributed by atoms with Crippen LogP contribution in [0.15, 0.2) is 23.1 Å². The first-order chi connectivity index (χ1) is 11.7. The summed E-state index contributed by atoms with van der Waals surface area (Å²) in [4.78, 5) is 12.8. The van der Waals surface area contributed by atoms with Crippen LogP contribution in [-0.2, 0) is 10.0 Å². The number of benzene rings is 1. The molecule has 0 spiro atoms. The molecule has 1 fully saturated rings. The van der Waals surface area contributed by atoms with Gasteiger partial charge in [-0.25, -0.2) is 8.42 Å². The zero-order chi connectivity index (χ0) is 18.6. The highest BCUT2D eigenvalue weighted by Gasteiger charge is 2.26. The van der Waals surface area contributed by atoms with Crippen molar-refractivity contribution in [2.45, 2.75) is 64.3 Å². The molecule has 0 saturated carbocycles. The molecule has 6 heteroatoms. The Kier molecular flexibility index (Phi) is 6.63. The maximum atomic E-state index is 13.0. The van der Waals surface area contributed by atoms with Gasteiger partial charge < -0.3 is 5.32 Å². The van der Waals surface area contributed by atoms with Crippen molar-refractivity contribution in [2.24, 2.45) is 5.92 Å². The third kappa shape index (κ3) is 4.82. The zero-order valence-corrected chi connectivity index (χ0v) is 16.5. The van der Waals surface area contributed by atoms with E-state index >= 15 is 0 Å². The van der Waals surface area contributed by atoms with Crippen molar-refractivity contribution in [3.63, 3.8) is 0 Å². The van der Waals surface area contributed by atoms with Crippen molar-refractivity contribution in [2.75, 3.05) is 13.1 Å². The van der Waals surface area contributed by atoms with E-state index in [0.29, 0.717) is 24.6 Å². The molecule has 1 atom stereocenters. The lowest BCUT2D eigenvalue weighted by Crippen LogP contribution is -2.36. The number of aryl methyl sites for hydroxylation is 1. The normalized spacial score (nSPS) is 18.0. The van der Waals surface area contributed by atoms with E-state index in [-0.39, 0.29) is 16.8 Å². The van der Waals surface area contributed by atoms with Crippen LogP contribution < -0.4 is 5.32 Å². The number of amides is 1. The lowest BCUT2D eigenvalue weighted by molar-refractivity contribution is 0.0929. The first kappa shape index (κ1) is 19.9. The predicted octanol–water partition coefficient (Wildman–Crippen LogP) is 3.33. The Morgan fingerprint density at radius 3 is 2.24 bits per heavy atom. The predicted molar refractivity (Wildman–Crippen MR) is 100 cm³/mol. The Bertz CT molecular complexity index is 705. The van der Waals surface area contributed by atoms with Crippen LogP contribution in [0.4, 0.5) is 0 Å². The van der Waals surface area contributed by atoms with Crippen molar-refractivity contribution in [1.29, 1.82) is 0 Å². The number of nitrogens with one attached hydrogen (secondary N) is 1. The first-order valence-corrected chi connectivity index (χ1v) is 10.6. The summed E-state index contributed by atoms with van der Waals surface area (Å²) in [6.45, 7) is 8.98. The largest absolute Gasteiger partial charge is 0.349 e. The van der Waals surface area contributed by atoms with Crippen LogP contribution in [0.2, 0.25) is 0 Å². The van der Waals surface area contributed by atoms with E-state index in [0.717, 1.165) is 31.2 Å². The van der Waals surface area contributed by atoms with E-state index in [1.807, 2.05) is 27.7 Å². The molecule has 0 aromatic heterocycles. The summed E-state index contributed by atoms with van der Waals surface area (Å²) in [5.74, 6) is 0.0971. The lowest BCUT2D eigenvalue weighted by Gasteiger charge is -2.21. The molecule has 0 radical (unpaired) electrons. The minimum atomic E-state index is -3.55. The minimum Gasteiger partial charge on any atom is -0.349 e. The molecule has 5 nitrogen and oxygen atoms in total. The molecule has 1 amide bonds. The van der Waals surface area contributed by atoms with Crippen molar-refractivity contribution < 1.29 is 13.2 Å². The van der Waals surface area contributed by atoms with Crippen LogP contribution in [0.1, 0.15) is 62.4 Å². The van der Waals surface area contributed by atoms with Gasteiger partial charge in [0.1, 0.15) is 0 Å². The number of carbonyl (C=O) groups excluding carboxylic acids is 1. The molecule has 0 aliphatic carbocycles. The first-order valence-electron chi connectivity index (χ1n) is 9.15. The number of nitrogens with zero attached hydrogens (tertiary/aromatic N) is 1. The number of rotatable bonds is 5. The third-order valence-electron chi connectivity index (χ3n) is 5.02. The van der Waals surface area contributed by atoms with E-state index in [1.165, 1.54) is 6.07 Å². The Labute approximate surface area is 151 Å². The number of hydrogen-bond acceptors (Lipinski definition) is 3. The second-order valence-corrected chi connectivity index (χ2v) is 9.24.